The second-order valence-electron chi connectivity index (χ2n) is 3.98. The van der Waals surface area contributed by atoms with E-state index in [0.29, 0.717) is 6.10 Å². The first-order valence-electron chi connectivity index (χ1n) is 5.16. The molecule has 1 heterocycles. The minimum atomic E-state index is 0.200. The van der Waals surface area contributed by atoms with Gasteiger partial charge in [0.2, 0.25) is 0 Å². The van der Waals surface area contributed by atoms with Gasteiger partial charge in [0.15, 0.2) is 0 Å². The summed E-state index contributed by atoms with van der Waals surface area (Å²) in [5.74, 6) is 0. The maximum atomic E-state index is 5.71. The van der Waals surface area contributed by atoms with Crippen LogP contribution >= 0.6 is 0 Å². The summed E-state index contributed by atoms with van der Waals surface area (Å²) in [5, 5.41) is 0. The molecule has 1 aromatic carbocycles. The van der Waals surface area contributed by atoms with Crippen molar-refractivity contribution in [3.63, 3.8) is 0 Å². The largest absolute Gasteiger partial charge is 0.354 e. The van der Waals surface area contributed by atoms with Crippen LogP contribution in [0.15, 0.2) is 24.3 Å². The Labute approximate surface area is 85.5 Å². The number of anilines is 1. The van der Waals surface area contributed by atoms with Crippen LogP contribution in [-0.2, 0) is 4.74 Å². The van der Waals surface area contributed by atoms with E-state index in [4.69, 9.17) is 4.74 Å². The van der Waals surface area contributed by atoms with Crippen LogP contribution in [0.1, 0.15) is 19.4 Å². The molecule has 0 aromatic heterocycles. The molecule has 0 aliphatic carbocycles. The fourth-order valence-electron chi connectivity index (χ4n) is 2.06. The lowest BCUT2D eigenvalue weighted by atomic mass is 10.2. The van der Waals surface area contributed by atoms with Gasteiger partial charge in [0.25, 0.3) is 0 Å². The van der Waals surface area contributed by atoms with Crippen LogP contribution in [0.3, 0.4) is 0 Å². The summed E-state index contributed by atoms with van der Waals surface area (Å²) in [4.78, 5) is 2.32. The number of rotatable bonds is 1. The zero-order valence-corrected chi connectivity index (χ0v) is 9.03. The van der Waals surface area contributed by atoms with Crippen LogP contribution in [0.2, 0.25) is 0 Å². The molecule has 2 rings (SSSR count). The summed E-state index contributed by atoms with van der Waals surface area (Å²) in [6.45, 7) is 7.36. The Morgan fingerprint density at radius 2 is 2.00 bits per heavy atom. The molecule has 0 spiro atoms. The average molecular weight is 191 g/mol. The van der Waals surface area contributed by atoms with E-state index in [-0.39, 0.29) is 6.23 Å². The van der Waals surface area contributed by atoms with E-state index in [0.717, 1.165) is 6.54 Å². The predicted octanol–water partition coefficient (Wildman–Crippen LogP) is 2.57. The summed E-state index contributed by atoms with van der Waals surface area (Å²) in [7, 11) is 0. The van der Waals surface area contributed by atoms with Crippen molar-refractivity contribution in [2.45, 2.75) is 33.1 Å². The van der Waals surface area contributed by atoms with E-state index >= 15 is 0 Å². The number of ether oxygens (including phenoxy) is 1. The molecule has 14 heavy (non-hydrogen) atoms. The lowest BCUT2D eigenvalue weighted by Crippen LogP contribution is -2.28. The van der Waals surface area contributed by atoms with Crippen molar-refractivity contribution in [2.24, 2.45) is 0 Å². The van der Waals surface area contributed by atoms with Gasteiger partial charge in [0.05, 0.1) is 6.10 Å². The molecule has 2 heteroatoms. The van der Waals surface area contributed by atoms with E-state index in [1.54, 1.807) is 0 Å². The molecule has 1 fully saturated rings. The number of hydrogen-bond donors (Lipinski definition) is 0. The predicted molar refractivity (Wildman–Crippen MR) is 58.5 cm³/mol. The molecule has 0 radical (unpaired) electrons. The molecule has 0 unspecified atom stereocenters. The van der Waals surface area contributed by atoms with Crippen molar-refractivity contribution >= 4 is 5.69 Å². The highest BCUT2D eigenvalue weighted by Gasteiger charge is 2.27. The molecule has 1 aromatic rings. The first-order valence-corrected chi connectivity index (χ1v) is 5.16. The van der Waals surface area contributed by atoms with Crippen LogP contribution in [0, 0.1) is 6.92 Å². The third-order valence-electron chi connectivity index (χ3n) is 2.75. The van der Waals surface area contributed by atoms with E-state index in [1.165, 1.54) is 11.3 Å². The van der Waals surface area contributed by atoms with Crippen molar-refractivity contribution in [1.29, 1.82) is 0 Å². The normalized spacial score (nSPS) is 26.9. The van der Waals surface area contributed by atoms with Gasteiger partial charge in [-0.3, -0.25) is 0 Å². The molecule has 1 aliphatic rings. The highest BCUT2D eigenvalue weighted by Crippen LogP contribution is 2.26. The maximum absolute atomic E-state index is 5.71. The zero-order valence-electron chi connectivity index (χ0n) is 9.03. The first-order chi connectivity index (χ1) is 6.68. The molecule has 1 aliphatic heterocycles. The lowest BCUT2D eigenvalue weighted by molar-refractivity contribution is 0.0706. The van der Waals surface area contributed by atoms with E-state index in [9.17, 15) is 0 Å². The van der Waals surface area contributed by atoms with Gasteiger partial charge in [-0.25, -0.2) is 0 Å². The highest BCUT2D eigenvalue weighted by molar-refractivity contribution is 5.53. The second kappa shape index (κ2) is 3.62. The van der Waals surface area contributed by atoms with Crippen LogP contribution in [0.5, 0.6) is 0 Å². The van der Waals surface area contributed by atoms with Gasteiger partial charge < -0.3 is 9.64 Å². The van der Waals surface area contributed by atoms with Gasteiger partial charge in [-0.15, -0.1) is 0 Å². The third kappa shape index (κ3) is 1.62. The van der Waals surface area contributed by atoms with Gasteiger partial charge in [-0.2, -0.15) is 0 Å². The van der Waals surface area contributed by atoms with Gasteiger partial charge in [0, 0.05) is 12.2 Å². The highest BCUT2D eigenvalue weighted by atomic mass is 16.5. The summed E-state index contributed by atoms with van der Waals surface area (Å²) in [5.41, 5.74) is 2.61. The molecular weight excluding hydrogens is 174 g/mol. The average Bonchev–Trinajstić information content (AvgIpc) is 2.46. The van der Waals surface area contributed by atoms with E-state index in [1.807, 2.05) is 0 Å². The van der Waals surface area contributed by atoms with Gasteiger partial charge in [0.1, 0.15) is 6.23 Å². The summed E-state index contributed by atoms with van der Waals surface area (Å²) < 4.78 is 5.71. The number of benzene rings is 1. The van der Waals surface area contributed by atoms with E-state index in [2.05, 4.69) is 49.9 Å². The Balaban J connectivity index is 2.27. The molecule has 2 atom stereocenters. The fraction of sp³-hybridized carbons (Fsp3) is 0.500. The fourth-order valence-corrected chi connectivity index (χ4v) is 2.06. The van der Waals surface area contributed by atoms with Crippen LogP contribution in [0.25, 0.3) is 0 Å². The molecule has 0 saturated carbocycles. The standard InChI is InChI=1S/C12H17NO/c1-9-6-4-5-7-12(9)13-8-10(2)14-11(13)3/h4-7,10-11H,8H2,1-3H3/t10-,11-/m1/s1. The van der Waals surface area contributed by atoms with E-state index < -0.39 is 0 Å². The minimum Gasteiger partial charge on any atom is -0.354 e. The van der Waals surface area contributed by atoms with Crippen LogP contribution in [-0.4, -0.2) is 18.9 Å². The summed E-state index contributed by atoms with van der Waals surface area (Å²) >= 11 is 0. The summed E-state index contributed by atoms with van der Waals surface area (Å²) in [6.07, 6.45) is 0.538. The maximum Gasteiger partial charge on any atom is 0.127 e. The topological polar surface area (TPSA) is 12.5 Å². The Morgan fingerprint density at radius 1 is 1.29 bits per heavy atom. The van der Waals surface area contributed by atoms with Crippen molar-refractivity contribution in [2.75, 3.05) is 11.4 Å². The lowest BCUT2D eigenvalue weighted by Gasteiger charge is -2.23. The Hall–Kier alpha value is -1.02. The molecule has 2 nitrogen and oxygen atoms in total. The smallest absolute Gasteiger partial charge is 0.127 e. The molecule has 0 bridgehead atoms. The molecule has 0 amide bonds. The van der Waals surface area contributed by atoms with Crippen molar-refractivity contribution in [3.05, 3.63) is 29.8 Å². The van der Waals surface area contributed by atoms with Gasteiger partial charge in [-0.05, 0) is 32.4 Å². The molecule has 1 saturated heterocycles. The minimum absolute atomic E-state index is 0.200. The zero-order chi connectivity index (χ0) is 10.1. The monoisotopic (exact) mass is 191 g/mol. The number of aryl methyl sites for hydroxylation is 1. The molecular formula is C12H17NO. The molecule has 76 valence electrons. The Bertz CT molecular complexity index is 324. The quantitative estimate of drug-likeness (QED) is 0.676. The SMILES string of the molecule is Cc1ccccc1N1C[C@@H](C)O[C@@H]1C. The second-order valence-corrected chi connectivity index (χ2v) is 3.98. The van der Waals surface area contributed by atoms with Crippen LogP contribution < -0.4 is 4.90 Å². The number of hydrogen-bond acceptors (Lipinski definition) is 2. The molecule has 0 N–H and O–H groups in total. The van der Waals surface area contributed by atoms with Crippen LogP contribution in [0.4, 0.5) is 5.69 Å². The number of para-hydroxylation sites is 1. The Morgan fingerprint density at radius 3 is 2.57 bits per heavy atom. The van der Waals surface area contributed by atoms with Gasteiger partial charge in [-0.1, -0.05) is 18.2 Å². The van der Waals surface area contributed by atoms with Crippen molar-refractivity contribution < 1.29 is 4.74 Å². The number of nitrogens with zero attached hydrogens (tertiary/aromatic N) is 1. The third-order valence-corrected chi connectivity index (χ3v) is 2.75. The first kappa shape index (κ1) is 9.53. The Kier molecular flexibility index (Phi) is 2.46. The van der Waals surface area contributed by atoms with Crippen molar-refractivity contribution in [1.82, 2.24) is 0 Å². The van der Waals surface area contributed by atoms with Crippen molar-refractivity contribution in [3.8, 4) is 0 Å². The summed E-state index contributed by atoms with van der Waals surface area (Å²) in [6, 6.07) is 8.46. The van der Waals surface area contributed by atoms with Gasteiger partial charge >= 0.3 is 0 Å².